The molecule has 2 aromatic carbocycles. The molecule has 1 aliphatic heterocycles. The molecular formula is C19H23NO4S. The molecule has 0 radical (unpaired) electrons. The highest BCUT2D eigenvalue weighted by atomic mass is 32.2. The zero-order chi connectivity index (χ0) is 17.9. The maximum absolute atomic E-state index is 12.6. The fourth-order valence-corrected chi connectivity index (χ4v) is 4.05. The molecule has 3 rings (SSSR count). The molecule has 0 saturated carbocycles. The molecule has 1 atom stereocenters. The summed E-state index contributed by atoms with van der Waals surface area (Å²) in [6.07, 6.45) is 1.98. The SMILES string of the molecule is CCCc1ccc(S(=O)(=O)NC(C)c2ccc3c(c2)OCCO3)cc1. The van der Waals surface area contributed by atoms with Gasteiger partial charge in [-0.2, -0.15) is 0 Å². The van der Waals surface area contributed by atoms with Crippen LogP contribution in [0.1, 0.15) is 37.4 Å². The van der Waals surface area contributed by atoms with Gasteiger partial charge in [-0.3, -0.25) is 0 Å². The minimum Gasteiger partial charge on any atom is -0.486 e. The first-order valence-electron chi connectivity index (χ1n) is 8.50. The van der Waals surface area contributed by atoms with Crippen LogP contribution in [0, 0.1) is 0 Å². The van der Waals surface area contributed by atoms with E-state index in [1.54, 1.807) is 12.1 Å². The fourth-order valence-electron chi connectivity index (χ4n) is 2.82. The average Bonchev–Trinajstić information content (AvgIpc) is 2.61. The Bertz CT molecular complexity index is 831. The standard InChI is InChI=1S/C19H23NO4S/c1-3-4-15-5-8-17(9-6-15)25(21,22)20-14(2)16-7-10-18-19(13-16)24-12-11-23-18/h5-10,13-14,20H,3-4,11-12H2,1-2H3. The van der Waals surface area contributed by atoms with Gasteiger partial charge < -0.3 is 9.47 Å². The summed E-state index contributed by atoms with van der Waals surface area (Å²) in [6.45, 7) is 4.94. The van der Waals surface area contributed by atoms with Gasteiger partial charge in [0.1, 0.15) is 13.2 Å². The first kappa shape index (κ1) is 17.8. The Balaban J connectivity index is 1.75. The molecular weight excluding hydrogens is 338 g/mol. The lowest BCUT2D eigenvalue weighted by atomic mass is 10.1. The Morgan fingerprint density at radius 2 is 1.72 bits per heavy atom. The average molecular weight is 361 g/mol. The van der Waals surface area contributed by atoms with Crippen molar-refractivity contribution in [3.63, 3.8) is 0 Å². The van der Waals surface area contributed by atoms with E-state index in [1.807, 2.05) is 37.3 Å². The first-order chi connectivity index (χ1) is 12.0. The van der Waals surface area contributed by atoms with Crippen LogP contribution in [0.2, 0.25) is 0 Å². The highest BCUT2D eigenvalue weighted by Crippen LogP contribution is 2.32. The zero-order valence-electron chi connectivity index (χ0n) is 14.5. The van der Waals surface area contributed by atoms with Gasteiger partial charge >= 0.3 is 0 Å². The van der Waals surface area contributed by atoms with E-state index in [2.05, 4.69) is 11.6 Å². The van der Waals surface area contributed by atoms with Crippen molar-refractivity contribution >= 4 is 10.0 Å². The van der Waals surface area contributed by atoms with E-state index in [1.165, 1.54) is 0 Å². The number of benzene rings is 2. The largest absolute Gasteiger partial charge is 0.486 e. The maximum atomic E-state index is 12.6. The summed E-state index contributed by atoms with van der Waals surface area (Å²) in [5.74, 6) is 1.34. The summed E-state index contributed by atoms with van der Waals surface area (Å²) in [5.41, 5.74) is 1.97. The summed E-state index contributed by atoms with van der Waals surface area (Å²) in [4.78, 5) is 0.275. The van der Waals surface area contributed by atoms with Crippen LogP contribution >= 0.6 is 0 Å². The lowest BCUT2D eigenvalue weighted by molar-refractivity contribution is 0.171. The topological polar surface area (TPSA) is 64.6 Å². The van der Waals surface area contributed by atoms with Crippen molar-refractivity contribution in [1.82, 2.24) is 4.72 Å². The number of hydrogen-bond acceptors (Lipinski definition) is 4. The Morgan fingerprint density at radius 1 is 1.04 bits per heavy atom. The van der Waals surface area contributed by atoms with E-state index in [-0.39, 0.29) is 10.9 Å². The molecule has 1 N–H and O–H groups in total. The number of hydrogen-bond donors (Lipinski definition) is 1. The van der Waals surface area contributed by atoms with Gasteiger partial charge in [0.05, 0.1) is 4.90 Å². The number of fused-ring (bicyclic) bond motifs is 1. The molecule has 0 amide bonds. The molecule has 134 valence electrons. The Kier molecular flexibility index (Phi) is 5.30. The molecule has 0 aromatic heterocycles. The summed E-state index contributed by atoms with van der Waals surface area (Å²) in [7, 11) is -3.58. The third kappa shape index (κ3) is 4.14. The van der Waals surface area contributed by atoms with Gasteiger partial charge in [-0.25, -0.2) is 13.1 Å². The van der Waals surface area contributed by atoms with Gasteiger partial charge in [-0.15, -0.1) is 0 Å². The highest BCUT2D eigenvalue weighted by Gasteiger charge is 2.20. The van der Waals surface area contributed by atoms with Crippen molar-refractivity contribution < 1.29 is 17.9 Å². The van der Waals surface area contributed by atoms with Crippen LogP contribution in [0.3, 0.4) is 0 Å². The van der Waals surface area contributed by atoms with E-state index < -0.39 is 10.0 Å². The summed E-state index contributed by atoms with van der Waals surface area (Å²) < 4.78 is 39.0. The number of sulfonamides is 1. The second kappa shape index (κ2) is 7.45. The first-order valence-corrected chi connectivity index (χ1v) is 9.99. The van der Waals surface area contributed by atoms with E-state index in [4.69, 9.17) is 9.47 Å². The lowest BCUT2D eigenvalue weighted by Gasteiger charge is -2.21. The normalized spacial score (nSPS) is 15.0. The van der Waals surface area contributed by atoms with Crippen LogP contribution in [-0.2, 0) is 16.4 Å². The molecule has 0 aliphatic carbocycles. The van der Waals surface area contributed by atoms with Crippen LogP contribution in [0.4, 0.5) is 0 Å². The van der Waals surface area contributed by atoms with Crippen LogP contribution in [0.25, 0.3) is 0 Å². The van der Waals surface area contributed by atoms with Crippen LogP contribution < -0.4 is 14.2 Å². The van der Waals surface area contributed by atoms with Crippen molar-refractivity contribution in [3.8, 4) is 11.5 Å². The molecule has 25 heavy (non-hydrogen) atoms. The second-order valence-corrected chi connectivity index (χ2v) is 7.85. The second-order valence-electron chi connectivity index (χ2n) is 6.14. The Morgan fingerprint density at radius 3 is 2.40 bits per heavy atom. The molecule has 0 bridgehead atoms. The third-order valence-electron chi connectivity index (χ3n) is 4.17. The van der Waals surface area contributed by atoms with Gasteiger partial charge in [0.25, 0.3) is 0 Å². The monoisotopic (exact) mass is 361 g/mol. The summed E-state index contributed by atoms with van der Waals surface area (Å²) in [6, 6.07) is 12.2. The predicted octanol–water partition coefficient (Wildman–Crippen LogP) is 3.45. The number of rotatable bonds is 6. The zero-order valence-corrected chi connectivity index (χ0v) is 15.3. The molecule has 6 heteroatoms. The van der Waals surface area contributed by atoms with E-state index >= 15 is 0 Å². The number of nitrogens with one attached hydrogen (secondary N) is 1. The number of aryl methyl sites for hydroxylation is 1. The van der Waals surface area contributed by atoms with Crippen LogP contribution in [-0.4, -0.2) is 21.6 Å². The van der Waals surface area contributed by atoms with Crippen molar-refractivity contribution in [3.05, 3.63) is 53.6 Å². The summed E-state index contributed by atoms with van der Waals surface area (Å²) in [5, 5.41) is 0. The lowest BCUT2D eigenvalue weighted by Crippen LogP contribution is -2.27. The van der Waals surface area contributed by atoms with E-state index in [0.717, 1.165) is 24.0 Å². The predicted molar refractivity (Wildman–Crippen MR) is 96.6 cm³/mol. The summed E-state index contributed by atoms with van der Waals surface area (Å²) >= 11 is 0. The molecule has 0 spiro atoms. The highest BCUT2D eigenvalue weighted by molar-refractivity contribution is 7.89. The van der Waals surface area contributed by atoms with Gasteiger partial charge in [0.15, 0.2) is 11.5 Å². The molecule has 5 nitrogen and oxygen atoms in total. The van der Waals surface area contributed by atoms with Crippen molar-refractivity contribution in [2.24, 2.45) is 0 Å². The minimum absolute atomic E-state index is 0.275. The molecule has 1 heterocycles. The third-order valence-corrected chi connectivity index (χ3v) is 5.73. The van der Waals surface area contributed by atoms with E-state index in [0.29, 0.717) is 24.7 Å². The van der Waals surface area contributed by atoms with Crippen LogP contribution in [0.15, 0.2) is 47.4 Å². The van der Waals surface area contributed by atoms with Crippen molar-refractivity contribution in [1.29, 1.82) is 0 Å². The van der Waals surface area contributed by atoms with Crippen LogP contribution in [0.5, 0.6) is 11.5 Å². The molecule has 0 saturated heterocycles. The molecule has 1 aliphatic rings. The van der Waals surface area contributed by atoms with Gasteiger partial charge in [-0.05, 0) is 48.7 Å². The quantitative estimate of drug-likeness (QED) is 0.856. The van der Waals surface area contributed by atoms with Gasteiger partial charge in [0.2, 0.25) is 10.0 Å². The number of ether oxygens (including phenoxy) is 2. The van der Waals surface area contributed by atoms with Crippen molar-refractivity contribution in [2.75, 3.05) is 13.2 Å². The minimum atomic E-state index is -3.58. The maximum Gasteiger partial charge on any atom is 0.241 e. The van der Waals surface area contributed by atoms with E-state index in [9.17, 15) is 8.42 Å². The Labute approximate surface area is 149 Å². The smallest absolute Gasteiger partial charge is 0.241 e. The Hall–Kier alpha value is -2.05. The van der Waals surface area contributed by atoms with Crippen molar-refractivity contribution in [2.45, 2.75) is 37.6 Å². The van der Waals surface area contributed by atoms with Gasteiger partial charge in [0, 0.05) is 6.04 Å². The molecule has 0 fully saturated rings. The fraction of sp³-hybridized carbons (Fsp3) is 0.368. The molecule has 2 aromatic rings. The molecule has 1 unspecified atom stereocenters. The van der Waals surface area contributed by atoms with Gasteiger partial charge in [-0.1, -0.05) is 31.5 Å².